The number of carbonyl (C=O) groups is 2. The number of halogens is 1. The minimum absolute atomic E-state index is 0.0377. The zero-order valence-electron chi connectivity index (χ0n) is 9.76. The Balaban J connectivity index is 1.84. The highest BCUT2D eigenvalue weighted by Gasteiger charge is 2.29. The lowest BCUT2D eigenvalue weighted by Crippen LogP contribution is -2.41. The van der Waals surface area contributed by atoms with E-state index < -0.39 is 11.9 Å². The number of nitrogens with zero attached hydrogens (tertiary/aromatic N) is 1. The Morgan fingerprint density at radius 3 is 2.94 bits per heavy atom. The highest BCUT2D eigenvalue weighted by atomic mass is 79.9. The van der Waals surface area contributed by atoms with Crippen LogP contribution in [0.4, 0.5) is 0 Å². The second kappa shape index (κ2) is 5.84. The lowest BCUT2D eigenvalue weighted by molar-refractivity contribution is -0.149. The Labute approximate surface area is 118 Å². The molecule has 18 heavy (non-hydrogen) atoms. The van der Waals surface area contributed by atoms with Crippen LogP contribution in [0.25, 0.3) is 0 Å². The molecule has 0 spiro atoms. The number of thiophene rings is 1. The van der Waals surface area contributed by atoms with Gasteiger partial charge in [-0.15, -0.1) is 11.3 Å². The van der Waals surface area contributed by atoms with E-state index in [9.17, 15) is 9.59 Å². The van der Waals surface area contributed by atoms with Crippen LogP contribution >= 0.6 is 27.3 Å². The van der Waals surface area contributed by atoms with Crippen molar-refractivity contribution >= 4 is 39.1 Å². The third-order valence-corrected chi connectivity index (χ3v) is 4.88. The Morgan fingerprint density at radius 2 is 2.39 bits per heavy atom. The van der Waals surface area contributed by atoms with E-state index in [1.165, 1.54) is 4.88 Å². The first kappa shape index (κ1) is 13.5. The van der Waals surface area contributed by atoms with Crippen LogP contribution < -0.4 is 0 Å². The van der Waals surface area contributed by atoms with Crippen LogP contribution in [-0.4, -0.2) is 35.0 Å². The van der Waals surface area contributed by atoms with E-state index >= 15 is 0 Å². The van der Waals surface area contributed by atoms with Crippen molar-refractivity contribution in [1.82, 2.24) is 4.90 Å². The second-order valence-electron chi connectivity index (χ2n) is 4.39. The van der Waals surface area contributed by atoms with Gasteiger partial charge in [0, 0.05) is 34.2 Å². The van der Waals surface area contributed by atoms with Crippen LogP contribution in [0.3, 0.4) is 0 Å². The van der Waals surface area contributed by atoms with Crippen molar-refractivity contribution in [2.45, 2.75) is 19.3 Å². The topological polar surface area (TPSA) is 57.6 Å². The molecule has 0 aromatic carbocycles. The molecule has 6 heteroatoms. The molecule has 1 atom stereocenters. The maximum atomic E-state index is 11.8. The minimum Gasteiger partial charge on any atom is -0.481 e. The molecule has 1 aliphatic rings. The van der Waals surface area contributed by atoms with Crippen molar-refractivity contribution in [2.75, 3.05) is 13.1 Å². The van der Waals surface area contributed by atoms with Crippen molar-refractivity contribution in [3.05, 3.63) is 20.8 Å². The summed E-state index contributed by atoms with van der Waals surface area (Å²) in [6.07, 6.45) is 1.54. The Hall–Kier alpha value is -0.880. The van der Waals surface area contributed by atoms with Gasteiger partial charge >= 0.3 is 5.97 Å². The minimum atomic E-state index is -0.856. The van der Waals surface area contributed by atoms with Gasteiger partial charge in [0.25, 0.3) is 0 Å². The molecular weight excluding hydrogens is 318 g/mol. The predicted octanol–water partition coefficient (Wildman–Crippen LogP) is 2.38. The van der Waals surface area contributed by atoms with Crippen LogP contribution in [0, 0.1) is 5.92 Å². The van der Waals surface area contributed by atoms with E-state index in [0.29, 0.717) is 19.5 Å². The van der Waals surface area contributed by atoms with Gasteiger partial charge in [-0.2, -0.15) is 0 Å². The number of amides is 1. The maximum absolute atomic E-state index is 11.8. The Morgan fingerprint density at radius 1 is 1.61 bits per heavy atom. The summed E-state index contributed by atoms with van der Waals surface area (Å²) in [6.45, 7) is 1.24. The Bertz CT molecular complexity index is 460. The molecule has 0 bridgehead atoms. The van der Waals surface area contributed by atoms with Crippen LogP contribution in [0.5, 0.6) is 0 Å². The molecule has 1 aliphatic heterocycles. The second-order valence-corrected chi connectivity index (χ2v) is 6.30. The van der Waals surface area contributed by atoms with Crippen LogP contribution in [0.1, 0.15) is 17.7 Å². The quantitative estimate of drug-likeness (QED) is 0.921. The van der Waals surface area contributed by atoms with Gasteiger partial charge in [0.15, 0.2) is 0 Å². The molecule has 0 aliphatic carbocycles. The molecular formula is C12H14BrNO3S. The van der Waals surface area contributed by atoms with Gasteiger partial charge in [-0.1, -0.05) is 0 Å². The summed E-state index contributed by atoms with van der Waals surface area (Å²) >= 11 is 5.06. The third kappa shape index (κ3) is 3.32. The lowest BCUT2D eigenvalue weighted by atomic mass is 9.96. The van der Waals surface area contributed by atoms with Crippen molar-refractivity contribution in [3.8, 4) is 0 Å². The predicted molar refractivity (Wildman–Crippen MR) is 72.7 cm³/mol. The molecule has 1 fully saturated rings. The van der Waals surface area contributed by atoms with Crippen LogP contribution in [0.15, 0.2) is 15.9 Å². The molecule has 1 unspecified atom stereocenters. The first-order chi connectivity index (χ1) is 8.56. The number of carboxylic acid groups (broad SMARTS) is 1. The molecule has 0 saturated carbocycles. The van der Waals surface area contributed by atoms with Gasteiger partial charge in [-0.05, 0) is 34.8 Å². The zero-order valence-corrected chi connectivity index (χ0v) is 12.2. The van der Waals surface area contributed by atoms with Crippen molar-refractivity contribution < 1.29 is 14.7 Å². The average Bonchev–Trinajstić information content (AvgIpc) is 2.73. The summed E-state index contributed by atoms with van der Waals surface area (Å²) in [7, 11) is 0. The van der Waals surface area contributed by atoms with Crippen LogP contribution in [-0.2, 0) is 16.0 Å². The molecule has 1 saturated heterocycles. The molecule has 2 heterocycles. The molecule has 1 amide bonds. The van der Waals surface area contributed by atoms with Crippen molar-refractivity contribution in [1.29, 1.82) is 0 Å². The average molecular weight is 332 g/mol. The molecule has 1 aromatic rings. The summed E-state index contributed by atoms with van der Waals surface area (Å²) < 4.78 is 1.07. The van der Waals surface area contributed by atoms with Gasteiger partial charge in [0.2, 0.25) is 5.91 Å². The fourth-order valence-corrected chi connectivity index (χ4v) is 3.50. The van der Waals surface area contributed by atoms with Gasteiger partial charge in [-0.25, -0.2) is 0 Å². The SMILES string of the molecule is O=C(O)C1CCN(CCc2cc(Br)cs2)C(=O)C1. The third-order valence-electron chi connectivity index (χ3n) is 3.12. The van der Waals surface area contributed by atoms with E-state index in [2.05, 4.69) is 22.0 Å². The highest BCUT2D eigenvalue weighted by molar-refractivity contribution is 9.10. The summed E-state index contributed by atoms with van der Waals surface area (Å²) in [5.74, 6) is -1.39. The molecule has 2 rings (SSSR count). The van der Waals surface area contributed by atoms with E-state index in [1.54, 1.807) is 16.2 Å². The number of aliphatic carboxylic acids is 1. The number of piperidine rings is 1. The molecule has 1 N–H and O–H groups in total. The van der Waals surface area contributed by atoms with Crippen molar-refractivity contribution in [2.24, 2.45) is 5.92 Å². The maximum Gasteiger partial charge on any atom is 0.307 e. The monoisotopic (exact) mass is 331 g/mol. The van der Waals surface area contributed by atoms with Gasteiger partial charge in [-0.3, -0.25) is 9.59 Å². The number of hydrogen-bond donors (Lipinski definition) is 1. The number of likely N-dealkylation sites (tertiary alicyclic amines) is 1. The Kier molecular flexibility index (Phi) is 4.40. The number of rotatable bonds is 4. The first-order valence-electron chi connectivity index (χ1n) is 5.80. The molecule has 1 aromatic heterocycles. The number of hydrogen-bond acceptors (Lipinski definition) is 3. The van der Waals surface area contributed by atoms with Gasteiger partial charge in [0.1, 0.15) is 0 Å². The smallest absolute Gasteiger partial charge is 0.307 e. The summed E-state index contributed by atoms with van der Waals surface area (Å²) in [4.78, 5) is 25.6. The zero-order chi connectivity index (χ0) is 13.1. The van der Waals surface area contributed by atoms with Crippen molar-refractivity contribution in [3.63, 3.8) is 0 Å². The fraction of sp³-hybridized carbons (Fsp3) is 0.500. The molecule has 0 radical (unpaired) electrons. The highest BCUT2D eigenvalue weighted by Crippen LogP contribution is 2.22. The summed E-state index contributed by atoms with van der Waals surface area (Å²) in [5.41, 5.74) is 0. The van der Waals surface area contributed by atoms with E-state index in [0.717, 1.165) is 10.9 Å². The first-order valence-corrected chi connectivity index (χ1v) is 7.47. The number of carbonyl (C=O) groups excluding carboxylic acids is 1. The van der Waals surface area contributed by atoms with E-state index in [4.69, 9.17) is 5.11 Å². The lowest BCUT2D eigenvalue weighted by Gasteiger charge is -2.29. The van der Waals surface area contributed by atoms with E-state index in [1.807, 2.05) is 5.38 Å². The summed E-state index contributed by atoms with van der Waals surface area (Å²) in [6, 6.07) is 2.05. The molecule has 4 nitrogen and oxygen atoms in total. The molecule has 98 valence electrons. The standard InChI is InChI=1S/C12H14BrNO3S/c13-9-6-10(18-7-9)2-4-14-3-1-8(12(16)17)5-11(14)15/h6-8H,1-5H2,(H,16,17). The van der Waals surface area contributed by atoms with E-state index in [-0.39, 0.29) is 12.3 Å². The van der Waals surface area contributed by atoms with Crippen LogP contribution in [0.2, 0.25) is 0 Å². The largest absolute Gasteiger partial charge is 0.481 e. The van der Waals surface area contributed by atoms with Gasteiger partial charge < -0.3 is 10.0 Å². The number of carboxylic acids is 1. The fourth-order valence-electron chi connectivity index (χ4n) is 2.06. The normalized spacial score (nSPS) is 20.2. The van der Waals surface area contributed by atoms with Gasteiger partial charge in [0.05, 0.1) is 5.92 Å². The summed E-state index contributed by atoms with van der Waals surface area (Å²) in [5, 5.41) is 10.9.